The Morgan fingerprint density at radius 3 is 2.71 bits per heavy atom. The maximum atomic E-state index is 11.3. The number of pyridine rings is 1. The number of carbonyl (C=O) groups is 1. The number of rotatable bonds is 2. The van der Waals surface area contributed by atoms with Crippen LogP contribution in [-0.2, 0) is 4.74 Å². The van der Waals surface area contributed by atoms with Gasteiger partial charge in [-0.2, -0.15) is 0 Å². The molecule has 1 rings (SSSR count). The van der Waals surface area contributed by atoms with Crippen LogP contribution in [0.25, 0.3) is 13.2 Å². The predicted molar refractivity (Wildman–Crippen MR) is 55.2 cm³/mol. The number of aryl methyl sites for hydroxylation is 1. The number of hydrogen-bond acceptors (Lipinski definition) is 3. The molecule has 0 N–H and O–H groups in total. The monoisotopic (exact) mass is 191 g/mol. The highest BCUT2D eigenvalue weighted by Crippen LogP contribution is 1.95. The molecule has 0 aromatic carbocycles. The Morgan fingerprint density at radius 1 is 1.57 bits per heavy atom. The van der Waals surface area contributed by atoms with E-state index in [0.717, 1.165) is 10.8 Å². The molecule has 1 heterocycles. The molecule has 0 aliphatic rings. The number of nitrogens with zero attached hydrogens (tertiary/aromatic N) is 1. The summed E-state index contributed by atoms with van der Waals surface area (Å²) in [5.41, 5.74) is 1.19. The molecule has 0 aliphatic heterocycles. The summed E-state index contributed by atoms with van der Waals surface area (Å²) < 4.78 is 4.83. The summed E-state index contributed by atoms with van der Waals surface area (Å²) in [4.78, 5) is 15.3. The van der Waals surface area contributed by atoms with Gasteiger partial charge in [-0.1, -0.05) is 13.2 Å². The first kappa shape index (κ1) is 10.4. The summed E-state index contributed by atoms with van der Waals surface area (Å²) in [6.07, 6.45) is 0. The maximum absolute atomic E-state index is 11.3. The molecule has 0 atom stereocenters. The molecule has 0 fully saturated rings. The van der Waals surface area contributed by atoms with E-state index >= 15 is 0 Å². The van der Waals surface area contributed by atoms with E-state index in [1.165, 1.54) is 0 Å². The van der Waals surface area contributed by atoms with E-state index in [1.807, 2.05) is 6.92 Å². The predicted octanol–water partition coefficient (Wildman–Crippen LogP) is 0.387. The van der Waals surface area contributed by atoms with Crippen molar-refractivity contribution in [2.45, 2.75) is 13.8 Å². The first-order valence-corrected chi connectivity index (χ1v) is 4.39. The summed E-state index contributed by atoms with van der Waals surface area (Å²) >= 11 is 0. The first-order valence-electron chi connectivity index (χ1n) is 4.39. The molecule has 0 radical (unpaired) electrons. The van der Waals surface area contributed by atoms with Gasteiger partial charge in [0.15, 0.2) is 0 Å². The van der Waals surface area contributed by atoms with Crippen molar-refractivity contribution in [3.63, 3.8) is 0 Å². The van der Waals surface area contributed by atoms with Gasteiger partial charge in [-0.05, 0) is 30.7 Å². The van der Waals surface area contributed by atoms with Crippen LogP contribution in [0.2, 0.25) is 0 Å². The van der Waals surface area contributed by atoms with E-state index in [4.69, 9.17) is 4.74 Å². The number of ether oxygens (including phenoxy) is 1. The molecule has 0 amide bonds. The Hall–Kier alpha value is -1.64. The largest absolute Gasteiger partial charge is 0.461 e. The zero-order valence-electron chi connectivity index (χ0n) is 8.46. The minimum Gasteiger partial charge on any atom is -0.461 e. The normalized spacial score (nSPS) is 9.86. The average molecular weight is 191 g/mol. The van der Waals surface area contributed by atoms with Gasteiger partial charge >= 0.3 is 5.97 Å². The third-order valence-corrected chi connectivity index (χ3v) is 1.92. The van der Waals surface area contributed by atoms with Crippen molar-refractivity contribution in [3.8, 4) is 0 Å². The van der Waals surface area contributed by atoms with Crippen LogP contribution in [0.15, 0.2) is 6.07 Å². The second kappa shape index (κ2) is 4.05. The van der Waals surface area contributed by atoms with E-state index in [1.54, 1.807) is 13.0 Å². The van der Waals surface area contributed by atoms with Gasteiger partial charge in [0, 0.05) is 0 Å². The number of aromatic nitrogens is 1. The zero-order valence-corrected chi connectivity index (χ0v) is 8.46. The molecular weight excluding hydrogens is 178 g/mol. The van der Waals surface area contributed by atoms with Gasteiger partial charge in [0.1, 0.15) is 5.69 Å². The minimum atomic E-state index is -0.416. The molecule has 0 aliphatic carbocycles. The van der Waals surface area contributed by atoms with Crippen LogP contribution in [0.5, 0.6) is 0 Å². The lowest BCUT2D eigenvalue weighted by atomic mass is 10.2. The maximum Gasteiger partial charge on any atom is 0.356 e. The molecule has 74 valence electrons. The van der Waals surface area contributed by atoms with Crippen LogP contribution >= 0.6 is 0 Å². The van der Waals surface area contributed by atoms with E-state index in [9.17, 15) is 4.79 Å². The van der Waals surface area contributed by atoms with Gasteiger partial charge in [-0.3, -0.25) is 0 Å². The molecule has 3 heteroatoms. The topological polar surface area (TPSA) is 39.2 Å². The van der Waals surface area contributed by atoms with E-state index < -0.39 is 5.97 Å². The number of hydrogen-bond donors (Lipinski definition) is 0. The lowest BCUT2D eigenvalue weighted by Gasteiger charge is -2.02. The van der Waals surface area contributed by atoms with Crippen LogP contribution in [0, 0.1) is 6.92 Å². The quantitative estimate of drug-likeness (QED) is 0.635. The van der Waals surface area contributed by atoms with Crippen molar-refractivity contribution >= 4 is 19.1 Å². The smallest absolute Gasteiger partial charge is 0.356 e. The minimum absolute atomic E-state index is 0.293. The lowest BCUT2D eigenvalue weighted by molar-refractivity contribution is 0.0519. The van der Waals surface area contributed by atoms with Crippen LogP contribution in [0.3, 0.4) is 0 Å². The van der Waals surface area contributed by atoms with Crippen LogP contribution in [-0.4, -0.2) is 17.6 Å². The molecule has 0 saturated heterocycles. The van der Waals surface area contributed by atoms with Gasteiger partial charge < -0.3 is 4.74 Å². The van der Waals surface area contributed by atoms with Crippen LogP contribution < -0.4 is 10.6 Å². The Labute approximate surface area is 82.7 Å². The van der Waals surface area contributed by atoms with Crippen molar-refractivity contribution in [1.82, 2.24) is 4.98 Å². The summed E-state index contributed by atoms with van der Waals surface area (Å²) in [5, 5.41) is 1.28. The van der Waals surface area contributed by atoms with Crippen LogP contribution in [0.1, 0.15) is 23.0 Å². The van der Waals surface area contributed by atoms with E-state index in [-0.39, 0.29) is 0 Å². The zero-order chi connectivity index (χ0) is 10.7. The average Bonchev–Trinajstić information content (AvgIpc) is 2.13. The SMILES string of the molecule is C=c1nc(C(=O)OCC)cc(C)c1=C. The third-order valence-electron chi connectivity index (χ3n) is 1.92. The van der Waals surface area contributed by atoms with Gasteiger partial charge in [-0.15, -0.1) is 0 Å². The van der Waals surface area contributed by atoms with Crippen molar-refractivity contribution in [2.75, 3.05) is 6.61 Å². The number of esters is 1. The molecule has 3 nitrogen and oxygen atoms in total. The first-order chi connectivity index (χ1) is 6.56. The van der Waals surface area contributed by atoms with Gasteiger partial charge in [0.25, 0.3) is 0 Å². The highest BCUT2D eigenvalue weighted by molar-refractivity contribution is 5.87. The molecular formula is C11H13NO2. The standard InChI is InChI=1S/C11H13NO2/c1-5-14-11(13)10-6-7(2)8(3)9(4)12-10/h6H,3-5H2,1-2H3. The molecule has 0 spiro atoms. The third kappa shape index (κ3) is 1.99. The molecule has 1 aromatic heterocycles. The fourth-order valence-electron chi connectivity index (χ4n) is 1.07. The second-order valence-electron chi connectivity index (χ2n) is 2.97. The van der Waals surface area contributed by atoms with Crippen molar-refractivity contribution in [2.24, 2.45) is 0 Å². The molecule has 0 saturated carbocycles. The number of carbonyl (C=O) groups excluding carboxylic acids is 1. The Balaban J connectivity index is 3.20. The molecule has 14 heavy (non-hydrogen) atoms. The highest BCUT2D eigenvalue weighted by atomic mass is 16.5. The Morgan fingerprint density at radius 2 is 2.21 bits per heavy atom. The van der Waals surface area contributed by atoms with Crippen LogP contribution in [0.4, 0.5) is 0 Å². The second-order valence-corrected chi connectivity index (χ2v) is 2.97. The van der Waals surface area contributed by atoms with Crippen molar-refractivity contribution < 1.29 is 9.53 Å². The summed E-state index contributed by atoms with van der Waals surface area (Å²) in [5.74, 6) is -0.416. The molecule has 0 bridgehead atoms. The summed E-state index contributed by atoms with van der Waals surface area (Å²) in [7, 11) is 0. The summed E-state index contributed by atoms with van der Waals surface area (Å²) in [6.45, 7) is 11.5. The van der Waals surface area contributed by atoms with Crippen molar-refractivity contribution in [1.29, 1.82) is 0 Å². The lowest BCUT2D eigenvalue weighted by Crippen LogP contribution is -2.30. The fourth-order valence-corrected chi connectivity index (χ4v) is 1.07. The van der Waals surface area contributed by atoms with E-state index in [2.05, 4.69) is 18.1 Å². The highest BCUT2D eigenvalue weighted by Gasteiger charge is 2.08. The van der Waals surface area contributed by atoms with E-state index in [0.29, 0.717) is 17.6 Å². The van der Waals surface area contributed by atoms with Crippen molar-refractivity contribution in [3.05, 3.63) is 27.9 Å². The fraction of sp³-hybridized carbons (Fsp3) is 0.273. The molecule has 1 aromatic rings. The van der Waals surface area contributed by atoms with Gasteiger partial charge in [0.05, 0.1) is 12.0 Å². The van der Waals surface area contributed by atoms with Gasteiger partial charge in [0.2, 0.25) is 0 Å². The Kier molecular flexibility index (Phi) is 3.02. The van der Waals surface area contributed by atoms with Gasteiger partial charge in [-0.25, -0.2) is 9.78 Å². The Bertz CT molecular complexity index is 451. The molecule has 0 unspecified atom stereocenters. The summed E-state index contributed by atoms with van der Waals surface area (Å²) in [6, 6.07) is 1.66.